The molecule has 0 atom stereocenters. The minimum absolute atomic E-state index is 0.106. The molecule has 1 aliphatic heterocycles. The molecule has 1 saturated heterocycles. The lowest BCUT2D eigenvalue weighted by molar-refractivity contribution is 0.0657. The maximum absolute atomic E-state index is 12.3. The number of amides is 1. The molecule has 0 aliphatic carbocycles. The molecule has 1 aromatic rings. The molecule has 0 unspecified atom stereocenters. The third-order valence-corrected chi connectivity index (χ3v) is 3.74. The minimum Gasteiger partial charge on any atom is -0.335 e. The van der Waals surface area contributed by atoms with Gasteiger partial charge in [-0.1, -0.05) is 23.4 Å². The summed E-state index contributed by atoms with van der Waals surface area (Å²) in [6.07, 6.45) is 3.36. The molecule has 1 amide bonds. The van der Waals surface area contributed by atoms with E-state index in [1.807, 2.05) is 13.3 Å². The molecule has 0 radical (unpaired) electrons. The van der Waals surface area contributed by atoms with Gasteiger partial charge in [0.1, 0.15) is 0 Å². The molecule has 1 aliphatic rings. The second kappa shape index (κ2) is 5.86. The van der Waals surface area contributed by atoms with E-state index in [4.69, 9.17) is 11.6 Å². The van der Waals surface area contributed by atoms with Crippen LogP contribution < -0.4 is 0 Å². The van der Waals surface area contributed by atoms with Crippen molar-refractivity contribution in [1.29, 1.82) is 0 Å². The number of likely N-dealkylation sites (N-methyl/N-ethyl adjacent to an activating group) is 1. The second-order valence-electron chi connectivity index (χ2n) is 4.15. The number of aromatic nitrogens is 2. The Kier molecular flexibility index (Phi) is 4.42. The van der Waals surface area contributed by atoms with Gasteiger partial charge < -0.3 is 9.80 Å². The van der Waals surface area contributed by atoms with Crippen molar-refractivity contribution in [3.8, 4) is 0 Å². The van der Waals surface area contributed by atoms with E-state index in [1.165, 1.54) is 18.0 Å². The van der Waals surface area contributed by atoms with Crippen molar-refractivity contribution in [2.24, 2.45) is 0 Å². The van der Waals surface area contributed by atoms with Crippen LogP contribution in [0.4, 0.5) is 0 Å². The maximum atomic E-state index is 12.3. The molecule has 2 rings (SSSR count). The van der Waals surface area contributed by atoms with E-state index in [9.17, 15) is 4.79 Å². The Balaban J connectivity index is 2.17. The minimum atomic E-state index is -0.106. The first-order chi connectivity index (χ1) is 8.61. The van der Waals surface area contributed by atoms with Crippen LogP contribution in [-0.2, 0) is 0 Å². The molecule has 2 heterocycles. The molecule has 1 fully saturated rings. The van der Waals surface area contributed by atoms with Crippen molar-refractivity contribution in [1.82, 2.24) is 19.8 Å². The Morgan fingerprint density at radius 2 is 2.06 bits per heavy atom. The van der Waals surface area contributed by atoms with Crippen LogP contribution in [0.15, 0.2) is 11.4 Å². The van der Waals surface area contributed by atoms with Crippen molar-refractivity contribution < 1.29 is 4.79 Å². The Bertz CT molecular complexity index is 449. The van der Waals surface area contributed by atoms with E-state index < -0.39 is 0 Å². The van der Waals surface area contributed by atoms with Crippen molar-refractivity contribution in [2.75, 3.05) is 39.5 Å². The molecule has 1 aromatic heterocycles. The van der Waals surface area contributed by atoms with Crippen LogP contribution in [0.2, 0.25) is 5.02 Å². The largest absolute Gasteiger partial charge is 0.335 e. The van der Waals surface area contributed by atoms with Crippen molar-refractivity contribution >= 4 is 29.3 Å². The fourth-order valence-corrected chi connectivity index (χ4v) is 2.27. The Morgan fingerprint density at radius 1 is 1.39 bits per heavy atom. The summed E-state index contributed by atoms with van der Waals surface area (Å²) in [5.41, 5.74) is 0.306. The molecule has 5 nitrogen and oxygen atoms in total. The number of nitrogens with zero attached hydrogens (tertiary/aromatic N) is 4. The molecule has 0 N–H and O–H groups in total. The predicted molar refractivity (Wildman–Crippen MR) is 72.2 cm³/mol. The van der Waals surface area contributed by atoms with Gasteiger partial charge in [0.05, 0.1) is 11.2 Å². The van der Waals surface area contributed by atoms with E-state index in [-0.39, 0.29) is 5.91 Å². The maximum Gasteiger partial charge on any atom is 0.274 e. The number of thioether (sulfide) groups is 1. The summed E-state index contributed by atoms with van der Waals surface area (Å²) < 4.78 is 0. The summed E-state index contributed by atoms with van der Waals surface area (Å²) >= 11 is 7.40. The van der Waals surface area contributed by atoms with Crippen molar-refractivity contribution in [3.63, 3.8) is 0 Å². The molecule has 7 heteroatoms. The van der Waals surface area contributed by atoms with Gasteiger partial charge in [-0.2, -0.15) is 0 Å². The highest BCUT2D eigenvalue weighted by Crippen LogP contribution is 2.18. The molecule has 98 valence electrons. The van der Waals surface area contributed by atoms with Gasteiger partial charge in [-0.25, -0.2) is 9.97 Å². The SMILES string of the molecule is CSc1ncc(Cl)c(C(=O)N2CCN(C)CC2)n1. The van der Waals surface area contributed by atoms with Gasteiger partial charge in [0.25, 0.3) is 5.91 Å². The molecule has 0 bridgehead atoms. The molecule has 0 spiro atoms. The number of hydrogen-bond donors (Lipinski definition) is 0. The first-order valence-corrected chi connectivity index (χ1v) is 7.26. The quantitative estimate of drug-likeness (QED) is 0.605. The third-order valence-electron chi connectivity index (χ3n) is 2.90. The number of hydrogen-bond acceptors (Lipinski definition) is 5. The smallest absolute Gasteiger partial charge is 0.274 e. The summed E-state index contributed by atoms with van der Waals surface area (Å²) in [5, 5.41) is 0.883. The zero-order valence-corrected chi connectivity index (χ0v) is 12.0. The number of carbonyl (C=O) groups is 1. The van der Waals surface area contributed by atoms with E-state index in [0.717, 1.165) is 13.1 Å². The molecule has 0 saturated carbocycles. The number of piperazine rings is 1. The second-order valence-corrected chi connectivity index (χ2v) is 5.33. The van der Waals surface area contributed by atoms with Crippen LogP contribution in [-0.4, -0.2) is 65.2 Å². The Morgan fingerprint density at radius 3 is 2.67 bits per heavy atom. The van der Waals surface area contributed by atoms with Crippen LogP contribution in [0.3, 0.4) is 0 Å². The van der Waals surface area contributed by atoms with Crippen LogP contribution >= 0.6 is 23.4 Å². The monoisotopic (exact) mass is 286 g/mol. The fourth-order valence-electron chi connectivity index (χ4n) is 1.76. The summed E-state index contributed by atoms with van der Waals surface area (Å²) in [5.74, 6) is -0.106. The van der Waals surface area contributed by atoms with Gasteiger partial charge in [-0.15, -0.1) is 0 Å². The van der Waals surface area contributed by atoms with Gasteiger partial charge in [0.2, 0.25) is 0 Å². The van der Waals surface area contributed by atoms with Crippen molar-refractivity contribution in [2.45, 2.75) is 5.16 Å². The lowest BCUT2D eigenvalue weighted by atomic mass is 10.3. The highest BCUT2D eigenvalue weighted by molar-refractivity contribution is 7.98. The first-order valence-electron chi connectivity index (χ1n) is 5.66. The van der Waals surface area contributed by atoms with Crippen molar-refractivity contribution in [3.05, 3.63) is 16.9 Å². The highest BCUT2D eigenvalue weighted by Gasteiger charge is 2.23. The van der Waals surface area contributed by atoms with Gasteiger partial charge in [0, 0.05) is 26.2 Å². The molecule has 0 aromatic carbocycles. The van der Waals surface area contributed by atoms with Gasteiger partial charge in [-0.3, -0.25) is 4.79 Å². The average molecular weight is 287 g/mol. The number of carbonyl (C=O) groups excluding carboxylic acids is 1. The summed E-state index contributed by atoms with van der Waals surface area (Å²) in [7, 11) is 2.05. The number of halogens is 1. The van der Waals surface area contributed by atoms with E-state index >= 15 is 0 Å². The first kappa shape index (κ1) is 13.6. The van der Waals surface area contributed by atoms with E-state index in [1.54, 1.807) is 4.90 Å². The van der Waals surface area contributed by atoms with Crippen LogP contribution in [0.25, 0.3) is 0 Å². The van der Waals surface area contributed by atoms with Gasteiger partial charge >= 0.3 is 0 Å². The normalized spacial score (nSPS) is 16.9. The molecular weight excluding hydrogens is 272 g/mol. The highest BCUT2D eigenvalue weighted by atomic mass is 35.5. The standard InChI is InChI=1S/C11H15ClN4OS/c1-15-3-5-16(6-4-15)10(17)9-8(12)7-13-11(14-9)18-2/h7H,3-6H2,1-2H3. The van der Waals surface area contributed by atoms with Gasteiger partial charge in [0.15, 0.2) is 10.9 Å². The van der Waals surface area contributed by atoms with Gasteiger partial charge in [-0.05, 0) is 13.3 Å². The summed E-state index contributed by atoms with van der Waals surface area (Å²) in [6, 6.07) is 0. The van der Waals surface area contributed by atoms with Crippen LogP contribution in [0, 0.1) is 0 Å². The van der Waals surface area contributed by atoms with E-state index in [0.29, 0.717) is 29.0 Å². The predicted octanol–water partition coefficient (Wildman–Crippen LogP) is 1.24. The third kappa shape index (κ3) is 2.93. The van der Waals surface area contributed by atoms with Crippen LogP contribution in [0.1, 0.15) is 10.5 Å². The topological polar surface area (TPSA) is 49.3 Å². The number of rotatable bonds is 2. The summed E-state index contributed by atoms with van der Waals surface area (Å²) in [6.45, 7) is 3.18. The lowest BCUT2D eigenvalue weighted by Gasteiger charge is -2.32. The zero-order chi connectivity index (χ0) is 13.1. The average Bonchev–Trinajstić information content (AvgIpc) is 2.39. The van der Waals surface area contributed by atoms with Crippen LogP contribution in [0.5, 0.6) is 0 Å². The summed E-state index contributed by atoms with van der Waals surface area (Å²) in [4.78, 5) is 24.5. The Labute approximate surface area is 116 Å². The van der Waals surface area contributed by atoms with E-state index in [2.05, 4.69) is 14.9 Å². The zero-order valence-electron chi connectivity index (χ0n) is 10.4. The molecule has 18 heavy (non-hydrogen) atoms. The fraction of sp³-hybridized carbons (Fsp3) is 0.545. The molecular formula is C11H15ClN4OS. The Hall–Kier alpha value is -0.850. The lowest BCUT2D eigenvalue weighted by Crippen LogP contribution is -2.47.